The molecule has 5 heteroatoms. The van der Waals surface area contributed by atoms with E-state index in [9.17, 15) is 0 Å². The Kier molecular flexibility index (Phi) is 6.21. The maximum Gasteiger partial charge on any atom is 0.0898 e. The van der Waals surface area contributed by atoms with E-state index in [2.05, 4.69) is 68.7 Å². The summed E-state index contributed by atoms with van der Waals surface area (Å²) in [6.45, 7) is 7.01. The lowest BCUT2D eigenvalue weighted by atomic mass is 10.1. The maximum atomic E-state index is 4.55. The van der Waals surface area contributed by atoms with Gasteiger partial charge in [0.2, 0.25) is 0 Å². The molecule has 0 atom stereocenters. The Morgan fingerprint density at radius 1 is 1.38 bits per heavy atom. The first-order valence-corrected chi connectivity index (χ1v) is 8.88. The van der Waals surface area contributed by atoms with Crippen LogP contribution in [-0.2, 0) is 13.1 Å². The molecule has 0 amide bonds. The molecule has 0 saturated heterocycles. The Labute approximate surface area is 139 Å². The molecule has 0 bridgehead atoms. The van der Waals surface area contributed by atoms with E-state index in [1.807, 2.05) is 6.92 Å². The van der Waals surface area contributed by atoms with Crippen molar-refractivity contribution in [1.82, 2.24) is 10.3 Å². The van der Waals surface area contributed by atoms with Gasteiger partial charge in [-0.1, -0.05) is 22.9 Å². The van der Waals surface area contributed by atoms with Crippen LogP contribution in [0.1, 0.15) is 29.6 Å². The molecule has 0 radical (unpaired) electrons. The molecule has 0 aliphatic rings. The molecular weight excluding hydrogens is 346 g/mol. The highest BCUT2D eigenvalue weighted by Crippen LogP contribution is 2.25. The van der Waals surface area contributed by atoms with Crippen molar-refractivity contribution in [2.24, 2.45) is 0 Å². The van der Waals surface area contributed by atoms with E-state index in [1.165, 1.54) is 11.3 Å². The number of rotatable bonds is 7. The Balaban J connectivity index is 2.12. The molecule has 2 rings (SSSR count). The van der Waals surface area contributed by atoms with Gasteiger partial charge in [0.05, 0.1) is 17.2 Å². The van der Waals surface area contributed by atoms with Crippen LogP contribution in [0.15, 0.2) is 28.1 Å². The maximum absolute atomic E-state index is 4.55. The molecule has 0 spiro atoms. The van der Waals surface area contributed by atoms with Crippen molar-refractivity contribution in [1.29, 1.82) is 0 Å². The van der Waals surface area contributed by atoms with E-state index in [1.54, 1.807) is 11.3 Å². The van der Waals surface area contributed by atoms with Gasteiger partial charge in [-0.05, 0) is 43.7 Å². The van der Waals surface area contributed by atoms with Crippen molar-refractivity contribution in [2.75, 3.05) is 18.5 Å². The predicted octanol–water partition coefficient (Wildman–Crippen LogP) is 4.35. The van der Waals surface area contributed by atoms with Crippen molar-refractivity contribution in [3.63, 3.8) is 0 Å². The zero-order valence-electron chi connectivity index (χ0n) is 12.8. The SMILES string of the molecule is CCCNCc1cc(Br)ccc1N(C)Cc1csc(C)n1. The number of halogens is 1. The van der Waals surface area contributed by atoms with E-state index < -0.39 is 0 Å². The van der Waals surface area contributed by atoms with Crippen LogP contribution < -0.4 is 10.2 Å². The summed E-state index contributed by atoms with van der Waals surface area (Å²) >= 11 is 5.28. The second-order valence-electron chi connectivity index (χ2n) is 5.16. The average molecular weight is 368 g/mol. The van der Waals surface area contributed by atoms with Crippen LogP contribution in [0.5, 0.6) is 0 Å². The van der Waals surface area contributed by atoms with Gasteiger partial charge < -0.3 is 10.2 Å². The molecule has 0 aliphatic heterocycles. The molecule has 1 heterocycles. The minimum Gasteiger partial charge on any atom is -0.368 e. The number of thiazole rings is 1. The second kappa shape index (κ2) is 7.92. The Bertz CT molecular complexity index is 583. The van der Waals surface area contributed by atoms with Gasteiger partial charge in [0, 0.05) is 29.1 Å². The van der Waals surface area contributed by atoms with Gasteiger partial charge in [-0.3, -0.25) is 0 Å². The highest BCUT2D eigenvalue weighted by Gasteiger charge is 2.10. The monoisotopic (exact) mass is 367 g/mol. The quantitative estimate of drug-likeness (QED) is 0.737. The van der Waals surface area contributed by atoms with Crippen LogP contribution in [0, 0.1) is 6.92 Å². The van der Waals surface area contributed by atoms with Crippen LogP contribution in [0.3, 0.4) is 0 Å². The standard InChI is InChI=1S/C16H22BrN3S/c1-4-7-18-9-13-8-14(17)5-6-16(13)20(3)10-15-11-21-12(2)19-15/h5-6,8,11,18H,4,7,9-10H2,1-3H3. The number of benzene rings is 1. The number of aromatic nitrogens is 1. The van der Waals surface area contributed by atoms with Gasteiger partial charge in [0.1, 0.15) is 0 Å². The van der Waals surface area contributed by atoms with Gasteiger partial charge in [-0.2, -0.15) is 0 Å². The average Bonchev–Trinajstić information content (AvgIpc) is 2.84. The third kappa shape index (κ3) is 4.80. The Morgan fingerprint density at radius 2 is 2.19 bits per heavy atom. The third-order valence-corrected chi connectivity index (χ3v) is 4.58. The summed E-state index contributed by atoms with van der Waals surface area (Å²) in [6, 6.07) is 6.47. The van der Waals surface area contributed by atoms with Gasteiger partial charge in [-0.15, -0.1) is 11.3 Å². The van der Waals surface area contributed by atoms with Crippen LogP contribution in [0.25, 0.3) is 0 Å². The molecular formula is C16H22BrN3S. The third-order valence-electron chi connectivity index (χ3n) is 3.26. The summed E-state index contributed by atoms with van der Waals surface area (Å²) in [5.41, 5.74) is 3.70. The summed E-state index contributed by atoms with van der Waals surface area (Å²) in [6.07, 6.45) is 1.15. The van der Waals surface area contributed by atoms with E-state index in [0.717, 1.165) is 41.2 Å². The van der Waals surface area contributed by atoms with Gasteiger partial charge in [0.15, 0.2) is 0 Å². The van der Waals surface area contributed by atoms with Gasteiger partial charge in [-0.25, -0.2) is 4.98 Å². The summed E-state index contributed by atoms with van der Waals surface area (Å²) < 4.78 is 1.12. The largest absolute Gasteiger partial charge is 0.368 e. The molecule has 2 aromatic rings. The van der Waals surface area contributed by atoms with E-state index >= 15 is 0 Å². The lowest BCUT2D eigenvalue weighted by Gasteiger charge is -2.22. The molecule has 1 aromatic heterocycles. The van der Waals surface area contributed by atoms with Crippen molar-refractivity contribution in [3.05, 3.63) is 44.3 Å². The fraction of sp³-hybridized carbons (Fsp3) is 0.438. The lowest BCUT2D eigenvalue weighted by Crippen LogP contribution is -2.21. The number of anilines is 1. The summed E-state index contributed by atoms with van der Waals surface area (Å²) in [5.74, 6) is 0. The van der Waals surface area contributed by atoms with Crippen LogP contribution in [0.4, 0.5) is 5.69 Å². The fourth-order valence-corrected chi connectivity index (χ4v) is 3.29. The van der Waals surface area contributed by atoms with Crippen LogP contribution in [-0.4, -0.2) is 18.6 Å². The lowest BCUT2D eigenvalue weighted by molar-refractivity contribution is 0.673. The van der Waals surface area contributed by atoms with Crippen LogP contribution >= 0.6 is 27.3 Å². The first-order valence-electron chi connectivity index (χ1n) is 7.21. The highest BCUT2D eigenvalue weighted by molar-refractivity contribution is 9.10. The molecule has 21 heavy (non-hydrogen) atoms. The fourth-order valence-electron chi connectivity index (χ4n) is 2.28. The van der Waals surface area contributed by atoms with E-state index in [-0.39, 0.29) is 0 Å². The van der Waals surface area contributed by atoms with Crippen molar-refractivity contribution in [2.45, 2.75) is 33.4 Å². The molecule has 114 valence electrons. The Hall–Kier alpha value is -0.910. The number of nitrogens with zero attached hydrogens (tertiary/aromatic N) is 2. The zero-order valence-corrected chi connectivity index (χ0v) is 15.2. The molecule has 0 saturated carbocycles. The van der Waals surface area contributed by atoms with Crippen molar-refractivity contribution in [3.8, 4) is 0 Å². The van der Waals surface area contributed by atoms with E-state index in [4.69, 9.17) is 0 Å². The topological polar surface area (TPSA) is 28.2 Å². The molecule has 1 aromatic carbocycles. The van der Waals surface area contributed by atoms with E-state index in [0.29, 0.717) is 0 Å². The normalized spacial score (nSPS) is 10.9. The zero-order chi connectivity index (χ0) is 15.2. The van der Waals surface area contributed by atoms with Gasteiger partial charge in [0.25, 0.3) is 0 Å². The highest BCUT2D eigenvalue weighted by atomic mass is 79.9. The molecule has 0 unspecified atom stereocenters. The molecule has 1 N–H and O–H groups in total. The van der Waals surface area contributed by atoms with Crippen molar-refractivity contribution >= 4 is 33.0 Å². The Morgan fingerprint density at radius 3 is 2.86 bits per heavy atom. The first-order chi connectivity index (χ1) is 10.1. The second-order valence-corrected chi connectivity index (χ2v) is 7.14. The summed E-state index contributed by atoms with van der Waals surface area (Å²) in [7, 11) is 2.13. The molecule has 0 aliphatic carbocycles. The van der Waals surface area contributed by atoms with Crippen LogP contribution in [0.2, 0.25) is 0 Å². The number of aryl methyl sites for hydroxylation is 1. The number of hydrogen-bond donors (Lipinski definition) is 1. The predicted molar refractivity (Wildman–Crippen MR) is 95.1 cm³/mol. The molecule has 0 fully saturated rings. The van der Waals surface area contributed by atoms with Crippen molar-refractivity contribution < 1.29 is 0 Å². The molecule has 3 nitrogen and oxygen atoms in total. The number of nitrogens with one attached hydrogen (secondary N) is 1. The first kappa shape index (κ1) is 16.5. The summed E-state index contributed by atoms with van der Waals surface area (Å²) in [4.78, 5) is 6.82. The van der Waals surface area contributed by atoms with Gasteiger partial charge >= 0.3 is 0 Å². The minimum absolute atomic E-state index is 0.840. The smallest absolute Gasteiger partial charge is 0.0898 e. The minimum atomic E-state index is 0.840. The summed E-state index contributed by atoms with van der Waals surface area (Å²) in [5, 5.41) is 6.74. The number of hydrogen-bond acceptors (Lipinski definition) is 4.